The smallest absolute Gasteiger partial charge is 0.0229 e. The number of alkyl halides is 1. The van der Waals surface area contributed by atoms with E-state index in [1.807, 2.05) is 0 Å². The summed E-state index contributed by atoms with van der Waals surface area (Å²) in [4.78, 5) is 0. The zero-order valence-electron chi connectivity index (χ0n) is 11.0. The molecule has 1 atom stereocenters. The Morgan fingerprint density at radius 1 is 1.12 bits per heavy atom. The number of hydrogen-bond donors (Lipinski definition) is 0. The number of aryl methyl sites for hydroxylation is 2. The lowest BCUT2D eigenvalue weighted by atomic mass is 9.82. The molecule has 0 saturated heterocycles. The first-order chi connectivity index (χ1) is 8.22. The van der Waals surface area contributed by atoms with Crippen molar-refractivity contribution in [3.8, 4) is 0 Å². The van der Waals surface area contributed by atoms with Gasteiger partial charge in [0.15, 0.2) is 0 Å². The van der Waals surface area contributed by atoms with Crippen LogP contribution in [0.4, 0.5) is 0 Å². The largest absolute Gasteiger partial charge is 0.127 e. The SMILES string of the molecule is CC(C)C(CCCl)c1ccc2c(c1)CCCC2. The van der Waals surface area contributed by atoms with Crippen molar-refractivity contribution in [3.05, 3.63) is 34.9 Å². The van der Waals surface area contributed by atoms with E-state index in [1.54, 1.807) is 11.1 Å². The fraction of sp³-hybridized carbons (Fsp3) is 0.625. The molecule has 0 N–H and O–H groups in total. The van der Waals surface area contributed by atoms with Gasteiger partial charge < -0.3 is 0 Å². The van der Waals surface area contributed by atoms with E-state index in [-0.39, 0.29) is 0 Å². The molecule has 1 aromatic rings. The molecular formula is C16H23Cl. The molecule has 0 fully saturated rings. The van der Waals surface area contributed by atoms with Crippen LogP contribution in [0.2, 0.25) is 0 Å². The first kappa shape index (κ1) is 13.0. The van der Waals surface area contributed by atoms with Gasteiger partial charge in [-0.25, -0.2) is 0 Å². The van der Waals surface area contributed by atoms with Crippen molar-refractivity contribution in [3.63, 3.8) is 0 Å². The number of hydrogen-bond acceptors (Lipinski definition) is 0. The molecule has 1 aliphatic rings. The Kier molecular flexibility index (Phi) is 4.50. The molecule has 0 spiro atoms. The molecule has 2 rings (SSSR count). The van der Waals surface area contributed by atoms with Crippen molar-refractivity contribution < 1.29 is 0 Å². The van der Waals surface area contributed by atoms with E-state index >= 15 is 0 Å². The minimum absolute atomic E-state index is 0.625. The van der Waals surface area contributed by atoms with Gasteiger partial charge in [-0.05, 0) is 60.6 Å². The number of halogens is 1. The van der Waals surface area contributed by atoms with Gasteiger partial charge in [0.05, 0.1) is 0 Å². The molecule has 0 radical (unpaired) electrons. The molecule has 0 aliphatic heterocycles. The monoisotopic (exact) mass is 250 g/mol. The minimum atomic E-state index is 0.625. The fourth-order valence-electron chi connectivity index (χ4n) is 2.99. The third kappa shape index (κ3) is 3.04. The lowest BCUT2D eigenvalue weighted by Gasteiger charge is -2.23. The second-order valence-electron chi connectivity index (χ2n) is 5.56. The van der Waals surface area contributed by atoms with Gasteiger partial charge in [0, 0.05) is 5.88 Å². The van der Waals surface area contributed by atoms with Gasteiger partial charge in [-0.3, -0.25) is 0 Å². The average molecular weight is 251 g/mol. The average Bonchev–Trinajstić information content (AvgIpc) is 2.35. The summed E-state index contributed by atoms with van der Waals surface area (Å²) < 4.78 is 0. The molecule has 17 heavy (non-hydrogen) atoms. The lowest BCUT2D eigenvalue weighted by molar-refractivity contribution is 0.486. The number of benzene rings is 1. The standard InChI is InChI=1S/C16H23Cl/c1-12(2)16(9-10-17)15-8-7-13-5-3-4-6-14(13)11-15/h7-8,11-12,16H,3-6,9-10H2,1-2H3. The molecule has 0 saturated carbocycles. The van der Waals surface area contributed by atoms with E-state index in [0.717, 1.165) is 12.3 Å². The van der Waals surface area contributed by atoms with Crippen LogP contribution in [0.1, 0.15) is 55.7 Å². The maximum Gasteiger partial charge on any atom is 0.0229 e. The third-order valence-electron chi connectivity index (χ3n) is 4.03. The molecule has 0 bridgehead atoms. The minimum Gasteiger partial charge on any atom is -0.127 e. The Balaban J connectivity index is 2.25. The summed E-state index contributed by atoms with van der Waals surface area (Å²) >= 11 is 5.93. The Morgan fingerprint density at radius 2 is 1.82 bits per heavy atom. The van der Waals surface area contributed by atoms with Gasteiger partial charge in [0.1, 0.15) is 0 Å². The quantitative estimate of drug-likeness (QED) is 0.665. The summed E-state index contributed by atoms with van der Waals surface area (Å²) in [5.74, 6) is 2.06. The molecule has 0 nitrogen and oxygen atoms in total. The highest BCUT2D eigenvalue weighted by atomic mass is 35.5. The summed E-state index contributed by atoms with van der Waals surface area (Å²) in [5.41, 5.74) is 4.67. The summed E-state index contributed by atoms with van der Waals surface area (Å²) in [6.45, 7) is 4.60. The molecule has 94 valence electrons. The van der Waals surface area contributed by atoms with E-state index in [4.69, 9.17) is 11.6 Å². The summed E-state index contributed by atoms with van der Waals surface area (Å²) in [6, 6.07) is 7.14. The third-order valence-corrected chi connectivity index (χ3v) is 4.24. The molecule has 1 aliphatic carbocycles. The first-order valence-electron chi connectivity index (χ1n) is 6.90. The Labute approximate surface area is 110 Å². The molecule has 0 amide bonds. The van der Waals surface area contributed by atoms with Gasteiger partial charge in [-0.15, -0.1) is 11.6 Å². The Hall–Kier alpha value is -0.490. The van der Waals surface area contributed by atoms with Crippen LogP contribution in [0.15, 0.2) is 18.2 Å². The highest BCUT2D eigenvalue weighted by molar-refractivity contribution is 6.17. The van der Waals surface area contributed by atoms with Gasteiger partial charge in [-0.2, -0.15) is 0 Å². The predicted octanol–water partition coefficient (Wildman–Crippen LogP) is 4.93. The fourth-order valence-corrected chi connectivity index (χ4v) is 3.22. The second-order valence-corrected chi connectivity index (χ2v) is 5.94. The van der Waals surface area contributed by atoms with Crippen LogP contribution in [-0.4, -0.2) is 5.88 Å². The van der Waals surface area contributed by atoms with Crippen molar-refractivity contribution in [2.45, 2.75) is 51.9 Å². The van der Waals surface area contributed by atoms with Gasteiger partial charge >= 0.3 is 0 Å². The Bertz CT molecular complexity index is 368. The number of rotatable bonds is 4. The van der Waals surface area contributed by atoms with Gasteiger partial charge in [0.25, 0.3) is 0 Å². The van der Waals surface area contributed by atoms with Crippen molar-refractivity contribution in [1.29, 1.82) is 0 Å². The summed E-state index contributed by atoms with van der Waals surface area (Å²) in [5, 5.41) is 0. The summed E-state index contributed by atoms with van der Waals surface area (Å²) in [6.07, 6.45) is 6.37. The highest BCUT2D eigenvalue weighted by Gasteiger charge is 2.17. The highest BCUT2D eigenvalue weighted by Crippen LogP contribution is 2.31. The van der Waals surface area contributed by atoms with Crippen molar-refractivity contribution in [2.75, 3.05) is 5.88 Å². The van der Waals surface area contributed by atoms with Crippen LogP contribution < -0.4 is 0 Å². The van der Waals surface area contributed by atoms with Crippen molar-refractivity contribution >= 4 is 11.6 Å². The van der Waals surface area contributed by atoms with E-state index < -0.39 is 0 Å². The lowest BCUT2D eigenvalue weighted by Crippen LogP contribution is -2.10. The molecule has 0 heterocycles. The van der Waals surface area contributed by atoms with E-state index in [2.05, 4.69) is 32.0 Å². The molecule has 1 heteroatoms. The predicted molar refractivity (Wildman–Crippen MR) is 76.0 cm³/mol. The van der Waals surface area contributed by atoms with Crippen LogP contribution in [0.25, 0.3) is 0 Å². The zero-order valence-corrected chi connectivity index (χ0v) is 11.8. The van der Waals surface area contributed by atoms with Gasteiger partial charge in [-0.1, -0.05) is 32.0 Å². The maximum absolute atomic E-state index is 5.93. The summed E-state index contributed by atoms with van der Waals surface area (Å²) in [7, 11) is 0. The van der Waals surface area contributed by atoms with Crippen LogP contribution in [0.3, 0.4) is 0 Å². The second kappa shape index (κ2) is 5.91. The van der Waals surface area contributed by atoms with Crippen LogP contribution in [0, 0.1) is 5.92 Å². The molecular weight excluding hydrogens is 228 g/mol. The molecule has 0 aromatic heterocycles. The van der Waals surface area contributed by atoms with Crippen molar-refractivity contribution in [1.82, 2.24) is 0 Å². The first-order valence-corrected chi connectivity index (χ1v) is 7.43. The maximum atomic E-state index is 5.93. The Morgan fingerprint density at radius 3 is 2.47 bits per heavy atom. The molecule has 1 aromatic carbocycles. The van der Waals surface area contributed by atoms with Crippen LogP contribution in [-0.2, 0) is 12.8 Å². The molecule has 1 unspecified atom stereocenters. The topological polar surface area (TPSA) is 0 Å². The number of fused-ring (bicyclic) bond motifs is 1. The zero-order chi connectivity index (χ0) is 12.3. The van der Waals surface area contributed by atoms with Gasteiger partial charge in [0.2, 0.25) is 0 Å². The van der Waals surface area contributed by atoms with Crippen LogP contribution >= 0.6 is 11.6 Å². The van der Waals surface area contributed by atoms with E-state index in [0.29, 0.717) is 11.8 Å². The van der Waals surface area contributed by atoms with E-state index in [9.17, 15) is 0 Å². The normalized spacial score (nSPS) is 16.9. The van der Waals surface area contributed by atoms with Crippen LogP contribution in [0.5, 0.6) is 0 Å². The van der Waals surface area contributed by atoms with E-state index in [1.165, 1.54) is 31.2 Å². The van der Waals surface area contributed by atoms with Crippen molar-refractivity contribution in [2.24, 2.45) is 5.92 Å².